The van der Waals surface area contributed by atoms with Crippen LogP contribution in [-0.4, -0.2) is 21.3 Å². The van der Waals surface area contributed by atoms with E-state index in [4.69, 9.17) is 0 Å². The number of nitrogens with zero attached hydrogens (tertiary/aromatic N) is 1. The van der Waals surface area contributed by atoms with Gasteiger partial charge in [0.05, 0.1) is 5.69 Å². The number of nitrogens with one attached hydrogen (secondary N) is 2. The maximum atomic E-state index is 11.4. The molecule has 0 amide bonds. The summed E-state index contributed by atoms with van der Waals surface area (Å²) in [5, 5.41) is 21.2. The van der Waals surface area contributed by atoms with Gasteiger partial charge in [-0.1, -0.05) is 6.07 Å². The van der Waals surface area contributed by atoms with Crippen LogP contribution in [-0.2, 0) is 11.3 Å². The Labute approximate surface area is 109 Å². The molecule has 2 rings (SSSR count). The number of aryl methyl sites for hydroxylation is 2. The molecular formula is C12H15N3O2S. The van der Waals surface area contributed by atoms with Crippen molar-refractivity contribution in [3.05, 3.63) is 39.3 Å². The molecule has 0 fully saturated rings. The molecule has 0 aromatic carbocycles. The monoisotopic (exact) mass is 265 g/mol. The number of thiophene rings is 1. The zero-order chi connectivity index (χ0) is 13.1. The molecule has 0 aliphatic heterocycles. The summed E-state index contributed by atoms with van der Waals surface area (Å²) in [6.45, 7) is 4.18. The lowest BCUT2D eigenvalue weighted by atomic mass is 10.1. The molecule has 5 nitrogen and oxygen atoms in total. The van der Waals surface area contributed by atoms with Gasteiger partial charge in [-0.15, -0.1) is 11.3 Å². The maximum Gasteiger partial charge on any atom is 0.325 e. The van der Waals surface area contributed by atoms with Crippen LogP contribution >= 0.6 is 11.3 Å². The van der Waals surface area contributed by atoms with E-state index in [0.717, 1.165) is 21.8 Å². The van der Waals surface area contributed by atoms with Crippen molar-refractivity contribution in [1.29, 1.82) is 0 Å². The van der Waals surface area contributed by atoms with Crippen molar-refractivity contribution in [2.24, 2.45) is 0 Å². The topological polar surface area (TPSA) is 78.0 Å². The number of aromatic amines is 1. The first kappa shape index (κ1) is 12.8. The first-order valence-electron chi connectivity index (χ1n) is 5.59. The second-order valence-electron chi connectivity index (χ2n) is 4.08. The van der Waals surface area contributed by atoms with Gasteiger partial charge < -0.3 is 5.11 Å². The lowest BCUT2D eigenvalue weighted by Gasteiger charge is -2.14. The second-order valence-corrected chi connectivity index (χ2v) is 5.11. The van der Waals surface area contributed by atoms with Crippen molar-refractivity contribution in [1.82, 2.24) is 15.5 Å². The fraction of sp³-hybridized carbons (Fsp3) is 0.333. The molecule has 3 N–H and O–H groups in total. The van der Waals surface area contributed by atoms with E-state index in [-0.39, 0.29) is 0 Å². The highest BCUT2D eigenvalue weighted by Gasteiger charge is 2.24. The van der Waals surface area contributed by atoms with Crippen LogP contribution in [0.3, 0.4) is 0 Å². The molecule has 1 unspecified atom stereocenters. The summed E-state index contributed by atoms with van der Waals surface area (Å²) in [5.74, 6) is -0.890. The Bertz CT molecular complexity index is 514. The molecule has 0 saturated heterocycles. The largest absolute Gasteiger partial charge is 0.480 e. The number of aromatic nitrogens is 2. The minimum Gasteiger partial charge on any atom is -0.480 e. The first-order chi connectivity index (χ1) is 8.59. The van der Waals surface area contributed by atoms with Gasteiger partial charge in [-0.05, 0) is 25.3 Å². The van der Waals surface area contributed by atoms with Crippen molar-refractivity contribution < 1.29 is 9.90 Å². The van der Waals surface area contributed by atoms with E-state index in [0.29, 0.717) is 6.54 Å². The van der Waals surface area contributed by atoms with Crippen LogP contribution < -0.4 is 5.32 Å². The van der Waals surface area contributed by atoms with E-state index in [9.17, 15) is 9.90 Å². The van der Waals surface area contributed by atoms with E-state index in [1.807, 2.05) is 31.4 Å². The standard InChI is InChI=1S/C12H15N3O2S/c1-7-10(8(2)15-14-7)11(12(16)17)13-6-9-4-3-5-18-9/h3-5,11,13H,6H2,1-2H3,(H,14,15)(H,16,17). The van der Waals surface area contributed by atoms with Gasteiger partial charge in [0.1, 0.15) is 6.04 Å². The molecule has 0 aliphatic rings. The van der Waals surface area contributed by atoms with Gasteiger partial charge in [0.2, 0.25) is 0 Å². The Hall–Kier alpha value is -1.66. The average molecular weight is 265 g/mol. The lowest BCUT2D eigenvalue weighted by molar-refractivity contribution is -0.139. The molecule has 1 atom stereocenters. The normalized spacial score (nSPS) is 12.6. The average Bonchev–Trinajstić information content (AvgIpc) is 2.93. The van der Waals surface area contributed by atoms with Gasteiger partial charge >= 0.3 is 5.97 Å². The molecular weight excluding hydrogens is 250 g/mol. The van der Waals surface area contributed by atoms with Crippen LogP contribution in [0.2, 0.25) is 0 Å². The summed E-state index contributed by atoms with van der Waals surface area (Å²) in [6, 6.07) is 3.20. The van der Waals surface area contributed by atoms with Crippen LogP contribution in [0.1, 0.15) is 27.9 Å². The zero-order valence-electron chi connectivity index (χ0n) is 10.2. The third-order valence-corrected chi connectivity index (χ3v) is 3.66. The predicted octanol–water partition coefficient (Wildman–Crippen LogP) is 2.00. The molecule has 2 heterocycles. The van der Waals surface area contributed by atoms with Gasteiger partial charge in [-0.25, -0.2) is 0 Å². The number of H-pyrrole nitrogens is 1. The number of rotatable bonds is 5. The van der Waals surface area contributed by atoms with Crippen molar-refractivity contribution in [2.75, 3.05) is 0 Å². The summed E-state index contributed by atoms with van der Waals surface area (Å²) >= 11 is 1.60. The third kappa shape index (κ3) is 2.60. The minimum atomic E-state index is -0.890. The molecule has 0 aliphatic carbocycles. The Balaban J connectivity index is 2.16. The number of carboxylic acid groups (broad SMARTS) is 1. The van der Waals surface area contributed by atoms with Crippen LogP contribution in [0.5, 0.6) is 0 Å². The van der Waals surface area contributed by atoms with Crippen LogP contribution in [0.4, 0.5) is 0 Å². The van der Waals surface area contributed by atoms with E-state index < -0.39 is 12.0 Å². The summed E-state index contributed by atoms with van der Waals surface area (Å²) in [4.78, 5) is 12.5. The molecule has 0 spiro atoms. The summed E-state index contributed by atoms with van der Waals surface area (Å²) in [5.41, 5.74) is 2.23. The Morgan fingerprint density at radius 1 is 1.61 bits per heavy atom. The first-order valence-corrected chi connectivity index (χ1v) is 6.47. The molecule has 0 saturated carbocycles. The number of hydrogen-bond acceptors (Lipinski definition) is 4. The molecule has 6 heteroatoms. The zero-order valence-corrected chi connectivity index (χ0v) is 11.0. The van der Waals surface area contributed by atoms with Gasteiger partial charge in [0.25, 0.3) is 0 Å². The highest BCUT2D eigenvalue weighted by Crippen LogP contribution is 2.21. The molecule has 0 radical (unpaired) electrons. The smallest absolute Gasteiger partial charge is 0.325 e. The lowest BCUT2D eigenvalue weighted by Crippen LogP contribution is -2.28. The third-order valence-electron chi connectivity index (χ3n) is 2.78. The number of carbonyl (C=O) groups is 1. The quantitative estimate of drug-likeness (QED) is 0.772. The second kappa shape index (κ2) is 5.32. The van der Waals surface area contributed by atoms with Gasteiger partial charge in [0.15, 0.2) is 0 Å². The number of aliphatic carboxylic acids is 1. The van der Waals surface area contributed by atoms with Crippen molar-refractivity contribution >= 4 is 17.3 Å². The Kier molecular flexibility index (Phi) is 3.78. The van der Waals surface area contributed by atoms with Crippen molar-refractivity contribution in [2.45, 2.75) is 26.4 Å². The summed E-state index contributed by atoms with van der Waals surface area (Å²) in [7, 11) is 0. The fourth-order valence-electron chi connectivity index (χ4n) is 1.91. The predicted molar refractivity (Wildman–Crippen MR) is 69.6 cm³/mol. The molecule has 96 valence electrons. The Morgan fingerprint density at radius 2 is 2.39 bits per heavy atom. The van der Waals surface area contributed by atoms with Gasteiger partial charge in [-0.2, -0.15) is 5.10 Å². The molecule has 2 aromatic rings. The summed E-state index contributed by atoms with van der Waals surface area (Å²) in [6.07, 6.45) is 0. The van der Waals surface area contributed by atoms with Gasteiger partial charge in [0, 0.05) is 22.7 Å². The molecule has 2 aromatic heterocycles. The maximum absolute atomic E-state index is 11.4. The SMILES string of the molecule is Cc1n[nH]c(C)c1C(NCc1cccs1)C(=O)O. The number of carboxylic acids is 1. The molecule has 18 heavy (non-hydrogen) atoms. The van der Waals surface area contributed by atoms with Gasteiger partial charge in [-0.3, -0.25) is 15.2 Å². The van der Waals surface area contributed by atoms with E-state index in [1.165, 1.54) is 0 Å². The Morgan fingerprint density at radius 3 is 2.89 bits per heavy atom. The van der Waals surface area contributed by atoms with Crippen molar-refractivity contribution in [3.63, 3.8) is 0 Å². The highest BCUT2D eigenvalue weighted by molar-refractivity contribution is 7.09. The van der Waals surface area contributed by atoms with Crippen LogP contribution in [0.15, 0.2) is 17.5 Å². The van der Waals surface area contributed by atoms with Crippen molar-refractivity contribution in [3.8, 4) is 0 Å². The van der Waals surface area contributed by atoms with E-state index >= 15 is 0 Å². The van der Waals surface area contributed by atoms with E-state index in [1.54, 1.807) is 11.3 Å². The van der Waals surface area contributed by atoms with E-state index in [2.05, 4.69) is 15.5 Å². The van der Waals surface area contributed by atoms with Crippen LogP contribution in [0, 0.1) is 13.8 Å². The number of hydrogen-bond donors (Lipinski definition) is 3. The fourth-order valence-corrected chi connectivity index (χ4v) is 2.57. The highest BCUT2D eigenvalue weighted by atomic mass is 32.1. The molecule has 0 bridgehead atoms. The minimum absolute atomic E-state index is 0.540. The summed E-state index contributed by atoms with van der Waals surface area (Å²) < 4.78 is 0. The van der Waals surface area contributed by atoms with Crippen LogP contribution in [0.25, 0.3) is 0 Å².